The summed E-state index contributed by atoms with van der Waals surface area (Å²) in [7, 11) is 3.28. The summed E-state index contributed by atoms with van der Waals surface area (Å²) in [4.78, 5) is 19.5. The predicted octanol–water partition coefficient (Wildman–Crippen LogP) is 4.26. The molecule has 32 heavy (non-hydrogen) atoms. The molecule has 168 valence electrons. The summed E-state index contributed by atoms with van der Waals surface area (Å²) in [6.45, 7) is 1.46. The zero-order chi connectivity index (χ0) is 22.3. The smallest absolute Gasteiger partial charge is 0.240 e. The van der Waals surface area contributed by atoms with E-state index in [0.29, 0.717) is 6.54 Å². The fraction of sp³-hybridized carbons (Fsp3) is 0.333. The second-order valence-electron chi connectivity index (χ2n) is 7.47. The van der Waals surface area contributed by atoms with E-state index in [4.69, 9.17) is 19.2 Å². The van der Waals surface area contributed by atoms with Crippen molar-refractivity contribution in [1.29, 1.82) is 0 Å². The number of amides is 1. The molecule has 0 aliphatic carbocycles. The van der Waals surface area contributed by atoms with Crippen molar-refractivity contribution in [3.8, 4) is 22.8 Å². The highest BCUT2D eigenvalue weighted by atomic mass is 32.1. The summed E-state index contributed by atoms with van der Waals surface area (Å²) < 4.78 is 16.1. The van der Waals surface area contributed by atoms with E-state index >= 15 is 0 Å². The molecule has 0 unspecified atom stereocenters. The number of benzene rings is 2. The van der Waals surface area contributed by atoms with Crippen LogP contribution in [0.1, 0.15) is 12.8 Å². The highest BCUT2D eigenvalue weighted by molar-refractivity contribution is 7.14. The molecule has 0 bridgehead atoms. The van der Waals surface area contributed by atoms with Crippen LogP contribution in [0.5, 0.6) is 11.5 Å². The molecule has 1 aromatic heterocycles. The summed E-state index contributed by atoms with van der Waals surface area (Å²) >= 11 is 1.50. The van der Waals surface area contributed by atoms with Crippen molar-refractivity contribution in [3.05, 3.63) is 53.9 Å². The Kier molecular flexibility index (Phi) is 7.24. The molecule has 0 radical (unpaired) electrons. The van der Waals surface area contributed by atoms with Crippen LogP contribution in [0.2, 0.25) is 0 Å². The highest BCUT2D eigenvalue weighted by Gasteiger charge is 2.20. The third-order valence-corrected chi connectivity index (χ3v) is 6.21. The number of methoxy groups -OCH3 is 2. The zero-order valence-electron chi connectivity index (χ0n) is 18.2. The molecule has 1 atom stereocenters. The average Bonchev–Trinajstić information content (AvgIpc) is 3.54. The van der Waals surface area contributed by atoms with Crippen LogP contribution in [-0.2, 0) is 9.53 Å². The lowest BCUT2D eigenvalue weighted by molar-refractivity contribution is -0.120. The molecular formula is C24H27N3O4S. The third-order valence-electron chi connectivity index (χ3n) is 5.35. The first kappa shape index (κ1) is 22.1. The van der Waals surface area contributed by atoms with E-state index in [1.807, 2.05) is 58.8 Å². The van der Waals surface area contributed by atoms with Gasteiger partial charge in [-0.15, -0.1) is 11.3 Å². The molecule has 1 fully saturated rings. The van der Waals surface area contributed by atoms with Gasteiger partial charge in [-0.05, 0) is 61.4 Å². The van der Waals surface area contributed by atoms with Gasteiger partial charge in [0, 0.05) is 29.8 Å². The number of carbonyl (C=O) groups is 1. The molecule has 0 saturated carbocycles. The minimum atomic E-state index is -0.0717. The summed E-state index contributed by atoms with van der Waals surface area (Å²) in [6, 6.07) is 15.4. The van der Waals surface area contributed by atoms with Gasteiger partial charge in [0.25, 0.3) is 0 Å². The molecule has 8 heteroatoms. The predicted molar refractivity (Wildman–Crippen MR) is 126 cm³/mol. The van der Waals surface area contributed by atoms with E-state index in [9.17, 15) is 4.79 Å². The van der Waals surface area contributed by atoms with Gasteiger partial charge >= 0.3 is 0 Å². The lowest BCUT2D eigenvalue weighted by Crippen LogP contribution is -2.38. The van der Waals surface area contributed by atoms with Crippen LogP contribution in [0.25, 0.3) is 11.3 Å². The van der Waals surface area contributed by atoms with Crippen LogP contribution in [0.3, 0.4) is 0 Å². The number of hydrogen-bond acceptors (Lipinski definition) is 7. The van der Waals surface area contributed by atoms with E-state index in [0.717, 1.165) is 53.0 Å². The molecule has 2 aromatic carbocycles. The molecule has 1 saturated heterocycles. The van der Waals surface area contributed by atoms with Crippen molar-refractivity contribution >= 4 is 28.1 Å². The van der Waals surface area contributed by atoms with Crippen molar-refractivity contribution in [2.24, 2.45) is 0 Å². The van der Waals surface area contributed by atoms with Crippen molar-refractivity contribution < 1.29 is 19.0 Å². The molecule has 3 aromatic rings. The van der Waals surface area contributed by atoms with Crippen LogP contribution in [0.4, 0.5) is 10.8 Å². The van der Waals surface area contributed by atoms with Crippen molar-refractivity contribution in [3.63, 3.8) is 0 Å². The summed E-state index contributed by atoms with van der Waals surface area (Å²) in [5.41, 5.74) is 2.71. The van der Waals surface area contributed by atoms with E-state index in [1.165, 1.54) is 11.3 Å². The minimum absolute atomic E-state index is 0.0717. The summed E-state index contributed by atoms with van der Waals surface area (Å²) in [6.07, 6.45) is 2.14. The number of nitrogens with zero attached hydrogens (tertiary/aromatic N) is 2. The van der Waals surface area contributed by atoms with Crippen LogP contribution < -0.4 is 19.7 Å². The fourth-order valence-electron chi connectivity index (χ4n) is 3.55. The maximum atomic E-state index is 12.8. The fourth-order valence-corrected chi connectivity index (χ4v) is 4.40. The van der Waals surface area contributed by atoms with Gasteiger partial charge in [-0.2, -0.15) is 0 Å². The van der Waals surface area contributed by atoms with Crippen molar-refractivity contribution in [2.45, 2.75) is 18.9 Å². The Labute approximate surface area is 191 Å². The number of rotatable bonds is 9. The van der Waals surface area contributed by atoms with Gasteiger partial charge in [-0.3, -0.25) is 4.79 Å². The Morgan fingerprint density at radius 2 is 1.81 bits per heavy atom. The van der Waals surface area contributed by atoms with E-state index in [2.05, 4.69) is 5.32 Å². The summed E-state index contributed by atoms with van der Waals surface area (Å²) in [5, 5.41) is 5.74. The Bertz CT molecular complexity index is 1010. The number of anilines is 2. The number of hydrogen-bond donors (Lipinski definition) is 1. The van der Waals surface area contributed by atoms with Crippen LogP contribution in [-0.4, -0.2) is 50.9 Å². The second-order valence-corrected chi connectivity index (χ2v) is 8.30. The first-order valence-corrected chi connectivity index (χ1v) is 11.4. The van der Waals surface area contributed by atoms with Crippen LogP contribution in [0, 0.1) is 0 Å². The minimum Gasteiger partial charge on any atom is -0.497 e. The zero-order valence-corrected chi connectivity index (χ0v) is 19.1. The molecule has 0 spiro atoms. The quantitative estimate of drug-likeness (QED) is 0.522. The van der Waals surface area contributed by atoms with Gasteiger partial charge in [-0.1, -0.05) is 0 Å². The van der Waals surface area contributed by atoms with Gasteiger partial charge in [0.15, 0.2) is 5.13 Å². The number of nitrogens with one attached hydrogen (secondary N) is 1. The molecule has 1 aliphatic heterocycles. The maximum absolute atomic E-state index is 12.8. The first-order valence-electron chi connectivity index (χ1n) is 10.6. The second kappa shape index (κ2) is 10.5. The standard InChI is InChI=1S/C24H27N3O4S/c1-29-19-9-5-17(6-10-19)22-16-32-24(26-22)27(18-7-11-20(30-2)12-8-18)15-23(28)25-14-21-4-3-13-31-21/h5-12,16,21H,3-4,13-15H2,1-2H3,(H,25,28)/t21-/m1/s1. The van der Waals surface area contributed by atoms with Gasteiger partial charge in [0.1, 0.15) is 18.0 Å². The SMILES string of the molecule is COc1ccc(-c2csc(N(CC(=O)NC[C@H]3CCCO3)c3ccc(OC)cc3)n2)cc1. The Balaban J connectivity index is 1.53. The van der Waals surface area contributed by atoms with Gasteiger partial charge in [-0.25, -0.2) is 4.98 Å². The van der Waals surface area contributed by atoms with Gasteiger partial charge < -0.3 is 24.4 Å². The Morgan fingerprint density at radius 1 is 1.12 bits per heavy atom. The Morgan fingerprint density at radius 3 is 2.44 bits per heavy atom. The lowest BCUT2D eigenvalue weighted by atomic mass is 10.2. The number of thiazole rings is 1. The molecular weight excluding hydrogens is 426 g/mol. The van der Waals surface area contributed by atoms with E-state index in [1.54, 1.807) is 14.2 Å². The Hall–Kier alpha value is -3.10. The van der Waals surface area contributed by atoms with Crippen LogP contribution >= 0.6 is 11.3 Å². The van der Waals surface area contributed by atoms with E-state index < -0.39 is 0 Å². The topological polar surface area (TPSA) is 72.9 Å². The number of carbonyl (C=O) groups excluding carboxylic acids is 1. The number of ether oxygens (including phenoxy) is 3. The largest absolute Gasteiger partial charge is 0.497 e. The van der Waals surface area contributed by atoms with Gasteiger partial charge in [0.05, 0.1) is 26.0 Å². The van der Waals surface area contributed by atoms with Crippen molar-refractivity contribution in [1.82, 2.24) is 10.3 Å². The monoisotopic (exact) mass is 453 g/mol. The normalized spacial score (nSPS) is 15.4. The lowest BCUT2D eigenvalue weighted by Gasteiger charge is -2.22. The first-order chi connectivity index (χ1) is 15.7. The van der Waals surface area contributed by atoms with Crippen LogP contribution in [0.15, 0.2) is 53.9 Å². The summed E-state index contributed by atoms with van der Waals surface area (Å²) in [5.74, 6) is 1.49. The number of aromatic nitrogens is 1. The molecule has 2 heterocycles. The van der Waals surface area contributed by atoms with E-state index in [-0.39, 0.29) is 18.6 Å². The van der Waals surface area contributed by atoms with Crippen molar-refractivity contribution in [2.75, 3.05) is 38.8 Å². The average molecular weight is 454 g/mol. The molecule has 1 aliphatic rings. The highest BCUT2D eigenvalue weighted by Crippen LogP contribution is 2.33. The molecule has 4 rings (SSSR count). The molecule has 7 nitrogen and oxygen atoms in total. The third kappa shape index (κ3) is 5.38. The van der Waals surface area contributed by atoms with Gasteiger partial charge in [0.2, 0.25) is 5.91 Å². The molecule has 1 amide bonds. The maximum Gasteiger partial charge on any atom is 0.240 e. The molecule has 1 N–H and O–H groups in total.